The van der Waals surface area contributed by atoms with Crippen LogP contribution in [0.2, 0.25) is 0 Å². The molecule has 1 aliphatic carbocycles. The predicted octanol–water partition coefficient (Wildman–Crippen LogP) is 1.39. The van der Waals surface area contributed by atoms with Gasteiger partial charge in [0.05, 0.1) is 5.60 Å². The molecule has 3 unspecified atom stereocenters. The molecule has 0 spiro atoms. The summed E-state index contributed by atoms with van der Waals surface area (Å²) < 4.78 is 0. The Morgan fingerprint density at radius 1 is 1.47 bits per heavy atom. The van der Waals surface area contributed by atoms with Crippen LogP contribution in [0.3, 0.4) is 0 Å². The first kappa shape index (κ1) is 14.8. The van der Waals surface area contributed by atoms with Crippen molar-refractivity contribution >= 4 is 5.91 Å². The summed E-state index contributed by atoms with van der Waals surface area (Å²) in [4.78, 5) is 14.4. The maximum Gasteiger partial charge on any atom is 0.226 e. The van der Waals surface area contributed by atoms with Crippen molar-refractivity contribution < 1.29 is 9.90 Å². The fourth-order valence-electron chi connectivity index (χ4n) is 3.53. The summed E-state index contributed by atoms with van der Waals surface area (Å²) in [6, 6.07) is 0. The number of nitrogens with one attached hydrogen (secondary N) is 1. The molecule has 1 heterocycles. The second kappa shape index (κ2) is 6.23. The van der Waals surface area contributed by atoms with E-state index in [1.165, 1.54) is 6.42 Å². The summed E-state index contributed by atoms with van der Waals surface area (Å²) in [5.41, 5.74) is -0.486. The molecule has 1 saturated carbocycles. The van der Waals surface area contributed by atoms with Crippen molar-refractivity contribution in [1.29, 1.82) is 0 Å². The number of carbonyl (C=O) groups is 1. The van der Waals surface area contributed by atoms with E-state index in [1.54, 1.807) is 0 Å². The highest BCUT2D eigenvalue weighted by Gasteiger charge is 2.44. The Morgan fingerprint density at radius 2 is 2.26 bits per heavy atom. The zero-order valence-electron chi connectivity index (χ0n) is 12.3. The van der Waals surface area contributed by atoms with Crippen molar-refractivity contribution in [2.45, 2.75) is 51.6 Å². The molecule has 0 aromatic heterocycles. The minimum Gasteiger partial charge on any atom is -0.389 e. The van der Waals surface area contributed by atoms with Crippen LogP contribution in [0.5, 0.6) is 0 Å². The lowest BCUT2D eigenvalue weighted by molar-refractivity contribution is -0.146. The van der Waals surface area contributed by atoms with Crippen molar-refractivity contribution in [2.75, 3.05) is 26.2 Å². The average molecular weight is 268 g/mol. The number of nitrogens with zero attached hydrogens (tertiary/aromatic N) is 1. The molecule has 2 aliphatic rings. The molecule has 4 nitrogen and oxygen atoms in total. The molecule has 0 radical (unpaired) electrons. The molecular formula is C15H28N2O2. The van der Waals surface area contributed by atoms with Gasteiger partial charge in [-0.1, -0.05) is 26.7 Å². The lowest BCUT2D eigenvalue weighted by Gasteiger charge is -2.47. The highest BCUT2D eigenvalue weighted by atomic mass is 16.3. The predicted molar refractivity (Wildman–Crippen MR) is 75.8 cm³/mol. The summed E-state index contributed by atoms with van der Waals surface area (Å²) >= 11 is 0. The molecule has 2 N–H and O–H groups in total. The third-order valence-electron chi connectivity index (χ3n) is 4.86. The molecule has 4 heteroatoms. The minimum atomic E-state index is -0.486. The van der Waals surface area contributed by atoms with E-state index in [1.807, 2.05) is 11.8 Å². The Kier molecular flexibility index (Phi) is 4.85. The van der Waals surface area contributed by atoms with Crippen LogP contribution in [-0.2, 0) is 4.79 Å². The number of piperidine rings is 1. The molecular weight excluding hydrogens is 240 g/mol. The normalized spacial score (nSPS) is 32.8. The van der Waals surface area contributed by atoms with Crippen LogP contribution < -0.4 is 5.32 Å². The van der Waals surface area contributed by atoms with Gasteiger partial charge < -0.3 is 15.3 Å². The largest absolute Gasteiger partial charge is 0.389 e. The fraction of sp³-hybridized carbons (Fsp3) is 0.933. The summed E-state index contributed by atoms with van der Waals surface area (Å²) in [5.74, 6) is 0.577. The van der Waals surface area contributed by atoms with Crippen molar-refractivity contribution in [2.24, 2.45) is 11.8 Å². The molecule has 0 aromatic carbocycles. The lowest BCUT2D eigenvalue weighted by Crippen LogP contribution is -2.55. The molecule has 2 rings (SSSR count). The number of rotatable bonds is 4. The lowest BCUT2D eigenvalue weighted by atomic mass is 9.71. The topological polar surface area (TPSA) is 52.6 Å². The van der Waals surface area contributed by atoms with E-state index in [2.05, 4.69) is 12.2 Å². The van der Waals surface area contributed by atoms with E-state index in [4.69, 9.17) is 0 Å². The second-order valence-electron chi connectivity index (χ2n) is 6.29. The highest BCUT2D eigenvalue weighted by Crippen LogP contribution is 2.39. The maximum atomic E-state index is 12.4. The number of likely N-dealkylation sites (tertiary alicyclic amines) is 1. The fourth-order valence-corrected chi connectivity index (χ4v) is 3.53. The van der Waals surface area contributed by atoms with Crippen molar-refractivity contribution in [3.63, 3.8) is 0 Å². The maximum absolute atomic E-state index is 12.4. The van der Waals surface area contributed by atoms with Gasteiger partial charge in [-0.25, -0.2) is 0 Å². The third kappa shape index (κ3) is 3.29. The zero-order chi connectivity index (χ0) is 13.9. The van der Waals surface area contributed by atoms with Gasteiger partial charge in [-0.15, -0.1) is 0 Å². The van der Waals surface area contributed by atoms with Gasteiger partial charge in [-0.05, 0) is 25.8 Å². The van der Waals surface area contributed by atoms with E-state index in [-0.39, 0.29) is 11.8 Å². The van der Waals surface area contributed by atoms with E-state index < -0.39 is 5.60 Å². The number of hydrogen-bond acceptors (Lipinski definition) is 3. The number of amides is 1. The molecule has 1 saturated heterocycles. The van der Waals surface area contributed by atoms with E-state index in [0.29, 0.717) is 5.92 Å². The molecule has 1 amide bonds. The molecule has 110 valence electrons. The molecule has 19 heavy (non-hydrogen) atoms. The summed E-state index contributed by atoms with van der Waals surface area (Å²) in [6.45, 7) is 7.18. The number of hydrogen-bond donors (Lipinski definition) is 2. The first-order chi connectivity index (χ1) is 9.07. The Labute approximate surface area is 116 Å². The standard InChI is InChI=1S/C15H28N2O2/c1-3-16-10-12(2)14(18)17-9-8-15(19)7-5-4-6-13(15)11-17/h12-13,16,19H,3-11H2,1-2H3. The smallest absolute Gasteiger partial charge is 0.226 e. The van der Waals surface area contributed by atoms with Gasteiger partial charge in [-0.3, -0.25) is 4.79 Å². The van der Waals surface area contributed by atoms with E-state index >= 15 is 0 Å². The zero-order valence-corrected chi connectivity index (χ0v) is 12.3. The van der Waals surface area contributed by atoms with Gasteiger partial charge in [0.25, 0.3) is 0 Å². The highest BCUT2D eigenvalue weighted by molar-refractivity contribution is 5.78. The number of aliphatic hydroxyl groups is 1. The van der Waals surface area contributed by atoms with Crippen molar-refractivity contribution in [3.05, 3.63) is 0 Å². The molecule has 1 aliphatic heterocycles. The van der Waals surface area contributed by atoms with Crippen LogP contribution in [0.15, 0.2) is 0 Å². The minimum absolute atomic E-state index is 0.0368. The van der Waals surface area contributed by atoms with Crippen LogP contribution in [0.1, 0.15) is 46.0 Å². The SMILES string of the molecule is CCNCC(C)C(=O)N1CCC2(O)CCCCC2C1. The van der Waals surface area contributed by atoms with Crippen LogP contribution in [-0.4, -0.2) is 47.7 Å². The van der Waals surface area contributed by atoms with Crippen LogP contribution in [0.4, 0.5) is 0 Å². The summed E-state index contributed by atoms with van der Waals surface area (Å²) in [6.07, 6.45) is 5.09. The first-order valence-corrected chi connectivity index (χ1v) is 7.78. The Hall–Kier alpha value is -0.610. The summed E-state index contributed by atoms with van der Waals surface area (Å²) in [7, 11) is 0. The van der Waals surface area contributed by atoms with E-state index in [0.717, 1.165) is 51.9 Å². The van der Waals surface area contributed by atoms with Crippen LogP contribution in [0.25, 0.3) is 0 Å². The first-order valence-electron chi connectivity index (χ1n) is 7.78. The van der Waals surface area contributed by atoms with Crippen LogP contribution >= 0.6 is 0 Å². The van der Waals surface area contributed by atoms with Gasteiger partial charge in [0.15, 0.2) is 0 Å². The van der Waals surface area contributed by atoms with Gasteiger partial charge >= 0.3 is 0 Å². The van der Waals surface area contributed by atoms with Gasteiger partial charge in [0.1, 0.15) is 0 Å². The average Bonchev–Trinajstić information content (AvgIpc) is 2.42. The molecule has 3 atom stereocenters. The Bertz CT molecular complexity index is 321. The number of carbonyl (C=O) groups excluding carboxylic acids is 1. The van der Waals surface area contributed by atoms with E-state index in [9.17, 15) is 9.90 Å². The van der Waals surface area contributed by atoms with Crippen molar-refractivity contribution in [3.8, 4) is 0 Å². The third-order valence-corrected chi connectivity index (χ3v) is 4.86. The molecule has 0 bridgehead atoms. The van der Waals surface area contributed by atoms with Gasteiger partial charge in [0, 0.05) is 31.5 Å². The van der Waals surface area contributed by atoms with Crippen molar-refractivity contribution in [1.82, 2.24) is 10.2 Å². The van der Waals surface area contributed by atoms with Gasteiger partial charge in [0.2, 0.25) is 5.91 Å². The monoisotopic (exact) mass is 268 g/mol. The van der Waals surface area contributed by atoms with Crippen LogP contribution in [0, 0.1) is 11.8 Å². The number of fused-ring (bicyclic) bond motifs is 1. The quantitative estimate of drug-likeness (QED) is 0.810. The molecule has 0 aromatic rings. The summed E-state index contributed by atoms with van der Waals surface area (Å²) in [5, 5.41) is 13.9. The Balaban J connectivity index is 1.91. The Morgan fingerprint density at radius 3 is 3.00 bits per heavy atom. The second-order valence-corrected chi connectivity index (χ2v) is 6.29. The molecule has 2 fully saturated rings. The van der Waals surface area contributed by atoms with Gasteiger partial charge in [-0.2, -0.15) is 0 Å².